The summed E-state index contributed by atoms with van der Waals surface area (Å²) in [6, 6.07) is 9.31. The number of nitro benzene ring substituents is 1. The lowest BCUT2D eigenvalue weighted by Gasteiger charge is -2.30. The Balaban J connectivity index is 2.10. The molecule has 2 aromatic rings. The van der Waals surface area contributed by atoms with E-state index in [9.17, 15) is 26.9 Å². The van der Waals surface area contributed by atoms with E-state index >= 15 is 0 Å². The Morgan fingerprint density at radius 2 is 1.82 bits per heavy atom. The minimum Gasteiger partial charge on any atom is -0.493 e. The minimum absolute atomic E-state index is 0.0222. The Hall–Kier alpha value is -2.96. The molecule has 0 aliphatic carbocycles. The number of ether oxygens (including phenoxy) is 1. The molecule has 0 spiro atoms. The van der Waals surface area contributed by atoms with Crippen LogP contribution in [0.1, 0.15) is 24.8 Å². The second-order valence-electron chi connectivity index (χ2n) is 7.77. The van der Waals surface area contributed by atoms with E-state index in [-0.39, 0.29) is 24.5 Å². The number of benzene rings is 2. The quantitative estimate of drug-likeness (QED) is 0.229. The van der Waals surface area contributed by atoms with Crippen LogP contribution in [0.15, 0.2) is 59.5 Å². The molecule has 0 radical (unpaired) electrons. The number of nitro groups is 1. The summed E-state index contributed by atoms with van der Waals surface area (Å²) in [5.41, 5.74) is -0.0856. The summed E-state index contributed by atoms with van der Waals surface area (Å²) in [5.74, 6) is 0.164. The van der Waals surface area contributed by atoms with Gasteiger partial charge < -0.3 is 8.92 Å². The van der Waals surface area contributed by atoms with Gasteiger partial charge in [0.1, 0.15) is 0 Å². The maximum atomic E-state index is 13.7. The number of para-hydroxylation sites is 2. The lowest BCUT2D eigenvalue weighted by Crippen LogP contribution is -2.42. The first kappa shape index (κ1) is 25.7. The smallest absolute Gasteiger partial charge is 0.306 e. The molecule has 184 valence electrons. The normalized spacial score (nSPS) is 18.5. The number of hydrogen-bond donors (Lipinski definition) is 0. The highest BCUT2D eigenvalue weighted by Crippen LogP contribution is 2.35. The first-order chi connectivity index (χ1) is 16.0. The standard InChI is InChI=1S/C22H26N2O8S2/c1-31-20-13-9-10-17(22(20)32-33(2,27)28)16-18-11-5-3-4-8-15-23(18)34(29,30)21-14-7-6-12-19(21)24(25)26/h5-7,9-14,18H,3-4,8,15-16H2,1-2H3/b11-5-/t18-/m0/s1. The van der Waals surface area contributed by atoms with E-state index < -0.39 is 41.7 Å². The molecule has 10 nitrogen and oxygen atoms in total. The second-order valence-corrected chi connectivity index (χ2v) is 11.2. The van der Waals surface area contributed by atoms with E-state index in [1.54, 1.807) is 24.3 Å². The van der Waals surface area contributed by atoms with Gasteiger partial charge in [0.2, 0.25) is 10.0 Å². The molecule has 0 amide bonds. The van der Waals surface area contributed by atoms with E-state index in [0.717, 1.165) is 25.2 Å². The van der Waals surface area contributed by atoms with Crippen molar-refractivity contribution < 1.29 is 30.7 Å². The van der Waals surface area contributed by atoms with Crippen molar-refractivity contribution in [2.24, 2.45) is 0 Å². The maximum Gasteiger partial charge on any atom is 0.306 e. The number of methoxy groups -OCH3 is 1. The molecule has 0 bridgehead atoms. The molecule has 1 heterocycles. The van der Waals surface area contributed by atoms with Crippen LogP contribution in [0.2, 0.25) is 0 Å². The third-order valence-electron chi connectivity index (χ3n) is 5.32. The zero-order valence-electron chi connectivity index (χ0n) is 18.8. The van der Waals surface area contributed by atoms with Gasteiger partial charge in [0.05, 0.1) is 18.3 Å². The van der Waals surface area contributed by atoms with Crippen molar-refractivity contribution in [3.8, 4) is 11.5 Å². The van der Waals surface area contributed by atoms with Gasteiger partial charge in [-0.25, -0.2) is 8.42 Å². The molecule has 0 saturated carbocycles. The number of sulfonamides is 1. The number of nitrogens with zero attached hydrogens (tertiary/aromatic N) is 2. The van der Waals surface area contributed by atoms with Gasteiger partial charge >= 0.3 is 10.1 Å². The molecule has 34 heavy (non-hydrogen) atoms. The van der Waals surface area contributed by atoms with Crippen LogP contribution in [-0.4, -0.2) is 52.0 Å². The van der Waals surface area contributed by atoms with E-state index in [2.05, 4.69) is 0 Å². The minimum atomic E-state index is -4.26. The molecule has 0 fully saturated rings. The Kier molecular flexibility index (Phi) is 7.95. The fourth-order valence-corrected chi connectivity index (χ4v) is 6.09. The van der Waals surface area contributed by atoms with Gasteiger partial charge in [-0.1, -0.05) is 36.4 Å². The molecule has 0 N–H and O–H groups in total. The lowest BCUT2D eigenvalue weighted by molar-refractivity contribution is -0.387. The fourth-order valence-electron chi connectivity index (χ4n) is 3.82. The van der Waals surface area contributed by atoms with Gasteiger partial charge in [-0.3, -0.25) is 10.1 Å². The summed E-state index contributed by atoms with van der Waals surface area (Å²) in [7, 11) is -6.78. The number of hydrogen-bond acceptors (Lipinski definition) is 8. The number of rotatable bonds is 8. The first-order valence-electron chi connectivity index (χ1n) is 10.5. The van der Waals surface area contributed by atoms with Crippen molar-refractivity contribution in [3.05, 3.63) is 70.3 Å². The van der Waals surface area contributed by atoms with E-state index in [4.69, 9.17) is 8.92 Å². The van der Waals surface area contributed by atoms with Crippen molar-refractivity contribution in [1.29, 1.82) is 0 Å². The molecule has 1 atom stereocenters. The molecular formula is C22H26N2O8S2. The summed E-state index contributed by atoms with van der Waals surface area (Å²) in [6.45, 7) is 0.148. The number of allylic oxidation sites excluding steroid dienone is 1. The van der Waals surface area contributed by atoms with Crippen molar-refractivity contribution in [2.45, 2.75) is 36.6 Å². The summed E-state index contributed by atoms with van der Waals surface area (Å²) >= 11 is 0. The highest BCUT2D eigenvalue weighted by atomic mass is 32.2. The van der Waals surface area contributed by atoms with Crippen molar-refractivity contribution in [3.63, 3.8) is 0 Å². The van der Waals surface area contributed by atoms with Crippen molar-refractivity contribution >= 4 is 25.8 Å². The first-order valence-corrected chi connectivity index (χ1v) is 13.8. The molecule has 0 unspecified atom stereocenters. The van der Waals surface area contributed by atoms with E-state index in [1.165, 1.54) is 29.6 Å². The Bertz CT molecular complexity index is 1290. The molecule has 1 aliphatic rings. The zero-order valence-corrected chi connectivity index (χ0v) is 20.4. The average molecular weight is 511 g/mol. The summed E-state index contributed by atoms with van der Waals surface area (Å²) < 4.78 is 62.7. The fraction of sp³-hybridized carbons (Fsp3) is 0.364. The van der Waals surface area contributed by atoms with Crippen LogP contribution < -0.4 is 8.92 Å². The molecule has 3 rings (SSSR count). The molecular weight excluding hydrogens is 484 g/mol. The summed E-state index contributed by atoms with van der Waals surface area (Å²) in [5, 5.41) is 11.5. The van der Waals surface area contributed by atoms with Crippen molar-refractivity contribution in [2.75, 3.05) is 19.9 Å². The zero-order chi connectivity index (χ0) is 24.9. The highest BCUT2D eigenvalue weighted by molar-refractivity contribution is 7.89. The van der Waals surface area contributed by atoms with Gasteiger partial charge in [0.15, 0.2) is 16.4 Å². The molecule has 1 aliphatic heterocycles. The Morgan fingerprint density at radius 3 is 2.50 bits per heavy atom. The third kappa shape index (κ3) is 5.93. The predicted octanol–water partition coefficient (Wildman–Crippen LogP) is 3.28. The maximum absolute atomic E-state index is 13.7. The van der Waals surface area contributed by atoms with Gasteiger partial charge in [-0.15, -0.1) is 0 Å². The van der Waals surface area contributed by atoms with Crippen LogP contribution in [-0.2, 0) is 26.6 Å². The monoisotopic (exact) mass is 510 g/mol. The Labute approximate surface area is 199 Å². The molecule has 2 aromatic carbocycles. The third-order valence-corrected chi connectivity index (χ3v) is 7.76. The van der Waals surface area contributed by atoms with Gasteiger partial charge in [-0.05, 0) is 37.8 Å². The van der Waals surface area contributed by atoms with Crippen LogP contribution in [0.5, 0.6) is 11.5 Å². The van der Waals surface area contributed by atoms with Crippen LogP contribution in [0.4, 0.5) is 5.69 Å². The van der Waals surface area contributed by atoms with Crippen molar-refractivity contribution in [1.82, 2.24) is 4.31 Å². The largest absolute Gasteiger partial charge is 0.493 e. The molecule has 0 aromatic heterocycles. The summed E-state index contributed by atoms with van der Waals surface area (Å²) in [4.78, 5) is 10.4. The van der Waals surface area contributed by atoms with Crippen LogP contribution in [0, 0.1) is 10.1 Å². The molecule has 0 saturated heterocycles. The average Bonchev–Trinajstić information content (AvgIpc) is 2.75. The van der Waals surface area contributed by atoms with Gasteiger partial charge in [0.25, 0.3) is 5.69 Å². The SMILES string of the molecule is COc1cccc(C[C@@H]2/C=C\CCCCN2S(=O)(=O)c2ccccc2[N+](=O)[O-])c1OS(C)(=O)=O. The van der Waals surface area contributed by atoms with E-state index in [1.807, 2.05) is 6.08 Å². The van der Waals surface area contributed by atoms with Crippen LogP contribution in [0.25, 0.3) is 0 Å². The van der Waals surface area contributed by atoms with Gasteiger partial charge in [0, 0.05) is 24.2 Å². The summed E-state index contributed by atoms with van der Waals surface area (Å²) in [6.07, 6.45) is 6.64. The predicted molar refractivity (Wildman–Crippen MR) is 126 cm³/mol. The second kappa shape index (κ2) is 10.5. The topological polar surface area (TPSA) is 133 Å². The molecule has 12 heteroatoms. The van der Waals surface area contributed by atoms with Gasteiger partial charge in [-0.2, -0.15) is 12.7 Å². The van der Waals surface area contributed by atoms with Crippen LogP contribution in [0.3, 0.4) is 0 Å². The highest BCUT2D eigenvalue weighted by Gasteiger charge is 2.36. The van der Waals surface area contributed by atoms with Crippen LogP contribution >= 0.6 is 0 Å². The Morgan fingerprint density at radius 1 is 1.09 bits per heavy atom. The lowest BCUT2D eigenvalue weighted by atomic mass is 10.0. The van der Waals surface area contributed by atoms with E-state index in [0.29, 0.717) is 12.0 Å².